The van der Waals surface area contributed by atoms with Gasteiger partial charge in [-0.1, -0.05) is 36.4 Å². The molecule has 1 amide bonds. The number of rotatable bonds is 7. The van der Waals surface area contributed by atoms with Gasteiger partial charge in [-0.2, -0.15) is 0 Å². The van der Waals surface area contributed by atoms with Gasteiger partial charge in [0, 0.05) is 7.11 Å². The van der Waals surface area contributed by atoms with E-state index < -0.39 is 6.09 Å². The van der Waals surface area contributed by atoms with Gasteiger partial charge >= 0.3 is 6.09 Å². The molecule has 0 saturated carbocycles. The summed E-state index contributed by atoms with van der Waals surface area (Å²) in [7, 11) is 1.60. The first-order valence-corrected chi connectivity index (χ1v) is 8.49. The maximum absolute atomic E-state index is 12.9. The molecule has 0 aliphatic carbocycles. The Bertz CT molecular complexity index is 865. The van der Waals surface area contributed by atoms with Crippen molar-refractivity contribution in [2.45, 2.75) is 6.92 Å². The maximum Gasteiger partial charge on any atom is 0.425 e. The van der Waals surface area contributed by atoms with Gasteiger partial charge in [0.2, 0.25) is 5.88 Å². The highest BCUT2D eigenvalue weighted by Crippen LogP contribution is 2.32. The molecule has 2 aromatic carbocycles. The van der Waals surface area contributed by atoms with E-state index in [1.807, 2.05) is 43.3 Å². The second-order valence-corrected chi connectivity index (χ2v) is 5.70. The van der Waals surface area contributed by atoms with E-state index in [0.29, 0.717) is 41.9 Å². The molecular formula is C20H21N3O4. The molecule has 140 valence electrons. The average Bonchev–Trinajstić information content (AvgIpc) is 3.04. The van der Waals surface area contributed by atoms with E-state index in [2.05, 4.69) is 10.2 Å². The van der Waals surface area contributed by atoms with E-state index in [-0.39, 0.29) is 0 Å². The molecule has 0 fully saturated rings. The van der Waals surface area contributed by atoms with Crippen LogP contribution in [0.2, 0.25) is 0 Å². The third-order valence-corrected chi connectivity index (χ3v) is 3.83. The molecule has 1 heterocycles. The number of nitrogens with zero attached hydrogens (tertiary/aromatic N) is 2. The monoisotopic (exact) mass is 367 g/mol. The van der Waals surface area contributed by atoms with Gasteiger partial charge < -0.3 is 14.2 Å². The Balaban J connectivity index is 1.90. The van der Waals surface area contributed by atoms with Crippen LogP contribution in [-0.2, 0) is 4.74 Å². The quantitative estimate of drug-likeness (QED) is 0.637. The van der Waals surface area contributed by atoms with Crippen LogP contribution in [0, 0.1) is 6.92 Å². The number of anilines is 2. The number of carbonyl (C=O) groups excluding carboxylic acids is 1. The van der Waals surface area contributed by atoms with E-state index in [1.165, 1.54) is 4.90 Å². The molecule has 0 aliphatic heterocycles. The molecule has 0 atom stereocenters. The number of H-pyrrole nitrogens is 1. The van der Waals surface area contributed by atoms with Gasteiger partial charge in [-0.15, -0.1) is 5.10 Å². The number of aromatic nitrogens is 2. The highest BCUT2D eigenvalue weighted by atomic mass is 16.6. The number of para-hydroxylation sites is 2. The fourth-order valence-electron chi connectivity index (χ4n) is 2.49. The number of methoxy groups -OCH3 is 1. The predicted molar refractivity (Wildman–Crippen MR) is 102 cm³/mol. The van der Waals surface area contributed by atoms with Crippen LogP contribution in [0.25, 0.3) is 0 Å². The van der Waals surface area contributed by atoms with Crippen LogP contribution in [0.5, 0.6) is 11.6 Å². The molecular weight excluding hydrogens is 346 g/mol. The summed E-state index contributed by atoms with van der Waals surface area (Å²) >= 11 is 0. The van der Waals surface area contributed by atoms with Crippen molar-refractivity contribution < 1.29 is 19.0 Å². The molecule has 0 saturated heterocycles. The molecule has 7 nitrogen and oxygen atoms in total. The predicted octanol–water partition coefficient (Wildman–Crippen LogP) is 4.08. The van der Waals surface area contributed by atoms with Gasteiger partial charge in [0.15, 0.2) is 0 Å². The molecule has 0 spiro atoms. The summed E-state index contributed by atoms with van der Waals surface area (Å²) in [5.41, 5.74) is 1.34. The second-order valence-electron chi connectivity index (χ2n) is 5.70. The number of carbonyl (C=O) groups is 1. The molecule has 1 aromatic heterocycles. The van der Waals surface area contributed by atoms with Crippen molar-refractivity contribution >= 4 is 17.6 Å². The summed E-state index contributed by atoms with van der Waals surface area (Å²) in [4.78, 5) is 14.4. The highest BCUT2D eigenvalue weighted by Gasteiger charge is 2.25. The number of aromatic amines is 1. The van der Waals surface area contributed by atoms with Crippen molar-refractivity contribution in [3.63, 3.8) is 0 Å². The second kappa shape index (κ2) is 8.86. The van der Waals surface area contributed by atoms with Crippen molar-refractivity contribution in [1.82, 2.24) is 10.2 Å². The van der Waals surface area contributed by atoms with Crippen LogP contribution in [-0.4, -0.2) is 36.6 Å². The number of nitrogens with one attached hydrogen (secondary N) is 1. The first-order chi connectivity index (χ1) is 13.2. The van der Waals surface area contributed by atoms with Crippen LogP contribution < -0.4 is 14.4 Å². The van der Waals surface area contributed by atoms with Crippen molar-refractivity contribution in [1.29, 1.82) is 0 Å². The number of hydrogen-bond donors (Lipinski definition) is 1. The number of ether oxygens (including phenoxy) is 3. The smallest absolute Gasteiger partial charge is 0.425 e. The summed E-state index contributed by atoms with van der Waals surface area (Å²) in [6.07, 6.45) is -0.553. The van der Waals surface area contributed by atoms with Crippen LogP contribution in [0.1, 0.15) is 5.56 Å². The standard InChI is InChI=1S/C20H21N3O4/c1-15-18(21-22-19(15)26-14-13-25-2)23(16-9-5-3-6-10-16)20(24)27-17-11-7-4-8-12-17/h3-12H,13-14H2,1-2H3,(H,21,22). The lowest BCUT2D eigenvalue weighted by molar-refractivity contribution is 0.143. The fourth-order valence-corrected chi connectivity index (χ4v) is 2.49. The molecule has 0 aliphatic rings. The highest BCUT2D eigenvalue weighted by molar-refractivity contribution is 5.97. The Morgan fingerprint density at radius 3 is 2.37 bits per heavy atom. The number of benzene rings is 2. The lowest BCUT2D eigenvalue weighted by atomic mass is 10.2. The minimum absolute atomic E-state index is 0.363. The normalized spacial score (nSPS) is 10.4. The fraction of sp³-hybridized carbons (Fsp3) is 0.200. The first kappa shape index (κ1) is 18.5. The third-order valence-electron chi connectivity index (χ3n) is 3.83. The van der Waals surface area contributed by atoms with E-state index in [1.54, 1.807) is 31.4 Å². The molecule has 3 aromatic rings. The van der Waals surface area contributed by atoms with Crippen LogP contribution >= 0.6 is 0 Å². The first-order valence-electron chi connectivity index (χ1n) is 8.49. The maximum atomic E-state index is 12.9. The lowest BCUT2D eigenvalue weighted by Crippen LogP contribution is -2.30. The Morgan fingerprint density at radius 1 is 1.04 bits per heavy atom. The van der Waals surface area contributed by atoms with E-state index in [9.17, 15) is 4.79 Å². The van der Waals surface area contributed by atoms with Crippen molar-refractivity contribution in [3.8, 4) is 11.6 Å². The molecule has 0 unspecified atom stereocenters. The Hall–Kier alpha value is -3.32. The molecule has 0 bridgehead atoms. The molecule has 0 radical (unpaired) electrons. The van der Waals surface area contributed by atoms with E-state index in [0.717, 1.165) is 0 Å². The van der Waals surface area contributed by atoms with Crippen molar-refractivity contribution in [3.05, 3.63) is 66.2 Å². The van der Waals surface area contributed by atoms with Gasteiger partial charge in [0.1, 0.15) is 18.2 Å². The summed E-state index contributed by atoms with van der Waals surface area (Å²) in [5, 5.41) is 7.05. The summed E-state index contributed by atoms with van der Waals surface area (Å²) in [5.74, 6) is 1.35. The number of amides is 1. The minimum atomic E-state index is -0.553. The van der Waals surface area contributed by atoms with Gasteiger partial charge in [-0.05, 0) is 31.2 Å². The van der Waals surface area contributed by atoms with Gasteiger partial charge in [0.05, 0.1) is 17.9 Å². The molecule has 27 heavy (non-hydrogen) atoms. The van der Waals surface area contributed by atoms with E-state index in [4.69, 9.17) is 14.2 Å². The zero-order valence-corrected chi connectivity index (χ0v) is 15.2. The third kappa shape index (κ3) is 4.45. The zero-order valence-electron chi connectivity index (χ0n) is 15.2. The molecule has 7 heteroatoms. The lowest BCUT2D eigenvalue weighted by Gasteiger charge is -2.21. The van der Waals surface area contributed by atoms with Crippen molar-refractivity contribution in [2.75, 3.05) is 25.2 Å². The summed E-state index contributed by atoms with van der Waals surface area (Å²) in [6.45, 7) is 2.63. The van der Waals surface area contributed by atoms with Gasteiger partial charge in [-0.3, -0.25) is 5.10 Å². The SMILES string of the molecule is COCCOc1n[nH]c(N(C(=O)Oc2ccccc2)c2ccccc2)c1C. The van der Waals surface area contributed by atoms with Crippen LogP contribution in [0.4, 0.5) is 16.3 Å². The Kier molecular flexibility index (Phi) is 6.06. The van der Waals surface area contributed by atoms with Gasteiger partial charge in [-0.25, -0.2) is 9.69 Å². The largest absolute Gasteiger partial charge is 0.474 e. The topological polar surface area (TPSA) is 76.7 Å². The molecule has 3 rings (SSSR count). The van der Waals surface area contributed by atoms with Crippen molar-refractivity contribution in [2.24, 2.45) is 0 Å². The van der Waals surface area contributed by atoms with E-state index >= 15 is 0 Å². The summed E-state index contributed by atoms with van der Waals surface area (Å²) < 4.78 is 16.1. The zero-order chi connectivity index (χ0) is 19.1. The average molecular weight is 367 g/mol. The Morgan fingerprint density at radius 2 is 1.70 bits per heavy atom. The Labute approximate surface area is 157 Å². The molecule has 1 N–H and O–H groups in total. The number of hydrogen-bond acceptors (Lipinski definition) is 5. The minimum Gasteiger partial charge on any atom is -0.474 e. The van der Waals surface area contributed by atoms with Crippen LogP contribution in [0.15, 0.2) is 60.7 Å². The van der Waals surface area contributed by atoms with Gasteiger partial charge in [0.25, 0.3) is 0 Å². The summed E-state index contributed by atoms with van der Waals surface area (Å²) in [6, 6.07) is 18.1. The van der Waals surface area contributed by atoms with Crippen LogP contribution in [0.3, 0.4) is 0 Å².